The van der Waals surface area contributed by atoms with E-state index in [0.29, 0.717) is 22.8 Å². The van der Waals surface area contributed by atoms with E-state index in [1.54, 1.807) is 12.3 Å². The lowest BCUT2D eigenvalue weighted by atomic mass is 10.1. The number of hydrogen-bond acceptors (Lipinski definition) is 9. The molecule has 1 aromatic carbocycles. The average Bonchev–Trinajstić information content (AvgIpc) is 3.49. The zero-order valence-corrected chi connectivity index (χ0v) is 25.9. The number of nitrogens with zero attached hydrogens (tertiary/aromatic N) is 7. The molecule has 0 aliphatic carbocycles. The molecule has 1 amide bonds. The molecular weight excluding hydrogens is 530 g/mol. The number of likely N-dealkylation sites (tertiary alicyclic amines) is 1. The number of nitrogens with one attached hydrogen (secondary N) is 2. The monoisotopic (exact) mass is 575 g/mol. The van der Waals surface area contributed by atoms with Gasteiger partial charge in [-0.2, -0.15) is 4.98 Å². The van der Waals surface area contributed by atoms with Crippen LogP contribution in [0.4, 0.5) is 17.3 Å². The first-order valence-corrected chi connectivity index (χ1v) is 14.8. The van der Waals surface area contributed by atoms with E-state index in [2.05, 4.69) is 61.2 Å². The number of anilines is 3. The highest BCUT2D eigenvalue weighted by Crippen LogP contribution is 2.26. The van der Waals surface area contributed by atoms with Gasteiger partial charge in [-0.25, -0.2) is 9.97 Å². The number of carbonyl (C=O) groups excluding carboxylic acids is 1. The molecule has 0 spiro atoms. The number of benzene rings is 1. The van der Waals surface area contributed by atoms with E-state index >= 15 is 0 Å². The molecule has 2 aliphatic heterocycles. The second-order valence-corrected chi connectivity index (χ2v) is 11.6. The maximum atomic E-state index is 12.2. The van der Waals surface area contributed by atoms with E-state index in [4.69, 9.17) is 0 Å². The fraction of sp³-hybridized carbons (Fsp3) is 0.516. The molecule has 2 fully saturated rings. The third-order valence-corrected chi connectivity index (χ3v) is 7.47. The summed E-state index contributed by atoms with van der Waals surface area (Å²) in [7, 11) is 6.14. The smallest absolute Gasteiger partial charge is 0.271 e. The van der Waals surface area contributed by atoms with Gasteiger partial charge in [0.1, 0.15) is 11.2 Å². The number of aromatic nitrogens is 4. The minimum Gasteiger partial charge on any atom is -0.369 e. The molecule has 2 aromatic heterocycles. The quantitative estimate of drug-likeness (QED) is 0.410. The molecule has 2 aliphatic rings. The summed E-state index contributed by atoms with van der Waals surface area (Å²) in [6, 6.07) is 6.28. The van der Waals surface area contributed by atoms with Crippen LogP contribution in [-0.4, -0.2) is 107 Å². The van der Waals surface area contributed by atoms with Gasteiger partial charge in [0, 0.05) is 69.2 Å². The molecule has 3 aromatic rings. The van der Waals surface area contributed by atoms with Crippen LogP contribution in [0.3, 0.4) is 0 Å². The van der Waals surface area contributed by atoms with Gasteiger partial charge in [0.05, 0.1) is 6.20 Å². The van der Waals surface area contributed by atoms with Crippen molar-refractivity contribution >= 4 is 34.4 Å². The van der Waals surface area contributed by atoms with Crippen LogP contribution < -0.4 is 15.8 Å². The molecule has 2 saturated heterocycles. The van der Waals surface area contributed by atoms with Gasteiger partial charge in [0.2, 0.25) is 11.9 Å². The Kier molecular flexibility index (Phi) is 10.6. The number of fused-ring (bicyclic) bond motifs is 1. The molecule has 5 rings (SSSR count). The molecule has 226 valence electrons. The molecule has 11 nitrogen and oxygen atoms in total. The Bertz CT molecular complexity index is 1440. The lowest BCUT2D eigenvalue weighted by Gasteiger charge is -2.35. The number of H-pyrrole nitrogens is 1. The van der Waals surface area contributed by atoms with Crippen molar-refractivity contribution in [3.05, 3.63) is 58.2 Å². The zero-order valence-electron chi connectivity index (χ0n) is 25.9. The third kappa shape index (κ3) is 8.36. The number of hydrogen-bond donors (Lipinski definition) is 2. The van der Waals surface area contributed by atoms with E-state index in [1.807, 2.05) is 49.9 Å². The Morgan fingerprint density at radius 3 is 2.45 bits per heavy atom. The predicted molar refractivity (Wildman–Crippen MR) is 170 cm³/mol. The minimum atomic E-state index is -0.204. The van der Waals surface area contributed by atoms with Gasteiger partial charge in [-0.05, 0) is 64.7 Å². The molecule has 4 heterocycles. The Labute approximate surface area is 248 Å². The van der Waals surface area contributed by atoms with Crippen molar-refractivity contribution in [2.75, 3.05) is 77.2 Å². The SMILES string of the molecule is CN(C)C/C=C/C(=O)N1CCCC1.Cc1cc(Nc2ncc3nc(C(C)C)c(=O)[nH]c3n2)ccc1N1CCN(C)CC1. The van der Waals surface area contributed by atoms with E-state index < -0.39 is 0 Å². The van der Waals surface area contributed by atoms with Gasteiger partial charge in [0.25, 0.3) is 5.56 Å². The highest BCUT2D eigenvalue weighted by atomic mass is 16.2. The van der Waals surface area contributed by atoms with Gasteiger partial charge in [-0.1, -0.05) is 19.9 Å². The summed E-state index contributed by atoms with van der Waals surface area (Å²) in [6.07, 6.45) is 7.56. The molecule has 0 atom stereocenters. The second kappa shape index (κ2) is 14.4. The molecular formula is C31H45N9O2. The molecule has 11 heteroatoms. The van der Waals surface area contributed by atoms with Crippen LogP contribution in [-0.2, 0) is 4.79 Å². The van der Waals surface area contributed by atoms with Crippen LogP contribution in [0.15, 0.2) is 41.3 Å². The van der Waals surface area contributed by atoms with Crippen molar-refractivity contribution in [2.45, 2.75) is 39.5 Å². The largest absolute Gasteiger partial charge is 0.369 e. The number of aryl methyl sites for hydroxylation is 1. The van der Waals surface area contributed by atoms with Crippen LogP contribution in [0.5, 0.6) is 0 Å². The number of amides is 1. The molecule has 0 saturated carbocycles. The summed E-state index contributed by atoms with van der Waals surface area (Å²) in [6.45, 7) is 12.9. The van der Waals surface area contributed by atoms with Crippen molar-refractivity contribution < 1.29 is 4.79 Å². The number of carbonyl (C=O) groups is 1. The number of piperazine rings is 1. The van der Waals surface area contributed by atoms with E-state index in [1.165, 1.54) is 11.3 Å². The average molecular weight is 576 g/mol. The number of aromatic amines is 1. The van der Waals surface area contributed by atoms with Crippen LogP contribution in [0, 0.1) is 6.92 Å². The van der Waals surface area contributed by atoms with Gasteiger partial charge in [-0.3, -0.25) is 9.59 Å². The highest BCUT2D eigenvalue weighted by molar-refractivity contribution is 5.87. The maximum absolute atomic E-state index is 12.2. The summed E-state index contributed by atoms with van der Waals surface area (Å²) < 4.78 is 0. The van der Waals surface area contributed by atoms with Crippen molar-refractivity contribution in [2.24, 2.45) is 0 Å². The van der Waals surface area contributed by atoms with Crippen molar-refractivity contribution in [1.29, 1.82) is 0 Å². The summed E-state index contributed by atoms with van der Waals surface area (Å²) in [4.78, 5) is 48.4. The van der Waals surface area contributed by atoms with Gasteiger partial charge in [0.15, 0.2) is 5.65 Å². The fourth-order valence-electron chi connectivity index (χ4n) is 5.02. The zero-order chi connectivity index (χ0) is 30.2. The van der Waals surface area contributed by atoms with E-state index in [9.17, 15) is 9.59 Å². The minimum absolute atomic E-state index is 0.0442. The van der Waals surface area contributed by atoms with Gasteiger partial charge < -0.3 is 29.9 Å². The molecule has 42 heavy (non-hydrogen) atoms. The lowest BCUT2D eigenvalue weighted by Crippen LogP contribution is -2.44. The van der Waals surface area contributed by atoms with Crippen LogP contribution in [0.1, 0.15) is 43.9 Å². The predicted octanol–water partition coefficient (Wildman–Crippen LogP) is 3.37. The van der Waals surface area contributed by atoms with Crippen LogP contribution in [0.2, 0.25) is 0 Å². The topological polar surface area (TPSA) is 114 Å². The van der Waals surface area contributed by atoms with E-state index in [0.717, 1.165) is 64.3 Å². The summed E-state index contributed by atoms with van der Waals surface area (Å²) in [5.41, 5.74) is 4.69. The molecule has 0 radical (unpaired) electrons. The summed E-state index contributed by atoms with van der Waals surface area (Å²) >= 11 is 0. The first-order chi connectivity index (χ1) is 20.1. The first-order valence-electron chi connectivity index (χ1n) is 14.8. The van der Waals surface area contributed by atoms with E-state index in [-0.39, 0.29) is 17.4 Å². The normalized spacial score (nSPS) is 16.0. The van der Waals surface area contributed by atoms with Crippen molar-refractivity contribution in [3.8, 4) is 0 Å². The lowest BCUT2D eigenvalue weighted by molar-refractivity contribution is -0.125. The highest BCUT2D eigenvalue weighted by Gasteiger charge is 2.17. The Balaban J connectivity index is 0.000000262. The maximum Gasteiger partial charge on any atom is 0.271 e. The number of likely N-dealkylation sites (N-methyl/N-ethyl adjacent to an activating group) is 2. The second-order valence-electron chi connectivity index (χ2n) is 11.6. The fourth-order valence-corrected chi connectivity index (χ4v) is 5.02. The first kappa shape index (κ1) is 31.1. The Morgan fingerprint density at radius 2 is 1.81 bits per heavy atom. The van der Waals surface area contributed by atoms with Crippen molar-refractivity contribution in [3.63, 3.8) is 0 Å². The molecule has 0 unspecified atom stereocenters. The standard InChI is InChI=1S/C21H27N7O.C10H18N2O/c1-13(2)18-20(29)25-19-16(24-18)12-22-21(26-19)23-15-5-6-17(14(3)11-15)28-9-7-27(4)8-10-28;1-11(2)7-5-6-10(13)12-8-3-4-9-12/h5-6,11-13H,7-10H2,1-4H3,(H2,22,23,25,26,29);5-6H,3-4,7-9H2,1-2H3/b;6-5+. The number of rotatable bonds is 7. The van der Waals surface area contributed by atoms with Gasteiger partial charge in [-0.15, -0.1) is 0 Å². The summed E-state index contributed by atoms with van der Waals surface area (Å²) in [5, 5.41) is 3.23. The third-order valence-electron chi connectivity index (χ3n) is 7.47. The Morgan fingerprint density at radius 1 is 1.10 bits per heavy atom. The molecule has 2 N–H and O–H groups in total. The Hall–Kier alpha value is -3.83. The van der Waals surface area contributed by atoms with Crippen molar-refractivity contribution in [1.82, 2.24) is 34.6 Å². The molecule has 0 bridgehead atoms. The van der Waals surface area contributed by atoms with Gasteiger partial charge >= 0.3 is 0 Å². The van der Waals surface area contributed by atoms with Crippen LogP contribution >= 0.6 is 0 Å². The summed E-state index contributed by atoms with van der Waals surface area (Å²) in [5.74, 6) is 0.640. The van der Waals surface area contributed by atoms with Crippen LogP contribution in [0.25, 0.3) is 11.2 Å².